The van der Waals surface area contributed by atoms with E-state index >= 15 is 0 Å². The summed E-state index contributed by atoms with van der Waals surface area (Å²) in [4.78, 5) is 8.08. The van der Waals surface area contributed by atoms with Crippen molar-refractivity contribution in [1.29, 1.82) is 0 Å². The van der Waals surface area contributed by atoms with Crippen molar-refractivity contribution in [2.24, 2.45) is 5.92 Å². The van der Waals surface area contributed by atoms with Gasteiger partial charge >= 0.3 is 0 Å². The molecule has 4 heteroatoms. The van der Waals surface area contributed by atoms with Crippen molar-refractivity contribution in [3.8, 4) is 0 Å². The van der Waals surface area contributed by atoms with Crippen LogP contribution in [0.2, 0.25) is 0 Å². The van der Waals surface area contributed by atoms with Crippen LogP contribution >= 0.6 is 11.3 Å². The van der Waals surface area contributed by atoms with Gasteiger partial charge in [-0.1, -0.05) is 13.8 Å². The predicted molar refractivity (Wildman–Crippen MR) is 66.7 cm³/mol. The van der Waals surface area contributed by atoms with E-state index < -0.39 is 5.60 Å². The van der Waals surface area contributed by atoms with Crippen LogP contribution in [0.25, 0.3) is 0 Å². The van der Waals surface area contributed by atoms with Crippen LogP contribution in [0, 0.1) is 19.8 Å². The fraction of sp³-hybridized carbons (Fsp3) is 0.750. The molecule has 1 aliphatic heterocycles. The molecular formula is C12H20N2OS. The van der Waals surface area contributed by atoms with Gasteiger partial charge in [0.15, 0.2) is 0 Å². The maximum Gasteiger partial charge on any atom is 0.107 e. The molecule has 16 heavy (non-hydrogen) atoms. The van der Waals surface area contributed by atoms with E-state index in [0.29, 0.717) is 5.92 Å². The summed E-state index contributed by atoms with van der Waals surface area (Å²) >= 11 is 1.77. The van der Waals surface area contributed by atoms with Crippen LogP contribution in [0.5, 0.6) is 0 Å². The third-order valence-electron chi connectivity index (χ3n) is 3.50. The zero-order chi connectivity index (χ0) is 11.9. The van der Waals surface area contributed by atoms with E-state index in [4.69, 9.17) is 0 Å². The molecule has 1 aromatic heterocycles. The van der Waals surface area contributed by atoms with Gasteiger partial charge in [-0.05, 0) is 19.8 Å². The second-order valence-corrected chi connectivity index (χ2v) is 6.44. The second kappa shape index (κ2) is 4.09. The van der Waals surface area contributed by atoms with Gasteiger partial charge in [0.25, 0.3) is 0 Å². The summed E-state index contributed by atoms with van der Waals surface area (Å²) in [5.74, 6) is 0.337. The smallest absolute Gasteiger partial charge is 0.107 e. The number of β-amino-alcohol motifs (C(OH)–C–C–N with tert-alkyl or cyclic N) is 1. The molecule has 0 atom stereocenters. The lowest BCUT2D eigenvalue weighted by atomic mass is 9.83. The third kappa shape index (κ3) is 2.14. The standard InChI is InChI=1S/C12H20N2OS/c1-8(2)12(15)6-14(7-12)5-11-13-9(3)10(4)16-11/h8,15H,5-7H2,1-4H3. The van der Waals surface area contributed by atoms with E-state index in [2.05, 4.69) is 37.6 Å². The van der Waals surface area contributed by atoms with E-state index in [-0.39, 0.29) is 0 Å². The predicted octanol–water partition coefficient (Wildman–Crippen LogP) is 1.96. The summed E-state index contributed by atoms with van der Waals surface area (Å²) in [6, 6.07) is 0. The van der Waals surface area contributed by atoms with Crippen molar-refractivity contribution in [2.75, 3.05) is 13.1 Å². The quantitative estimate of drug-likeness (QED) is 0.877. The fourth-order valence-electron chi connectivity index (χ4n) is 2.00. The molecule has 2 rings (SSSR count). The summed E-state index contributed by atoms with van der Waals surface area (Å²) in [6.45, 7) is 10.8. The Morgan fingerprint density at radius 1 is 1.44 bits per heavy atom. The molecule has 3 nitrogen and oxygen atoms in total. The number of rotatable bonds is 3. The number of likely N-dealkylation sites (tertiary alicyclic amines) is 1. The van der Waals surface area contributed by atoms with Crippen molar-refractivity contribution in [3.63, 3.8) is 0 Å². The maximum atomic E-state index is 10.1. The van der Waals surface area contributed by atoms with Crippen molar-refractivity contribution in [3.05, 3.63) is 15.6 Å². The van der Waals surface area contributed by atoms with Gasteiger partial charge in [0, 0.05) is 18.0 Å². The molecule has 1 fully saturated rings. The lowest BCUT2D eigenvalue weighted by molar-refractivity contribution is -0.130. The Morgan fingerprint density at radius 3 is 2.50 bits per heavy atom. The van der Waals surface area contributed by atoms with Crippen LogP contribution in [0.15, 0.2) is 0 Å². The Hall–Kier alpha value is -0.450. The molecular weight excluding hydrogens is 220 g/mol. The van der Waals surface area contributed by atoms with Crippen LogP contribution in [-0.4, -0.2) is 33.7 Å². The Kier molecular flexibility index (Phi) is 3.07. The summed E-state index contributed by atoms with van der Waals surface area (Å²) in [5, 5.41) is 11.3. The van der Waals surface area contributed by atoms with Gasteiger partial charge in [-0.3, -0.25) is 4.90 Å². The largest absolute Gasteiger partial charge is 0.387 e. The number of aliphatic hydroxyl groups is 1. The number of hydrogen-bond donors (Lipinski definition) is 1. The summed E-state index contributed by atoms with van der Waals surface area (Å²) in [5.41, 5.74) is 0.668. The molecule has 1 saturated heterocycles. The van der Waals surface area contributed by atoms with Gasteiger partial charge < -0.3 is 5.11 Å². The molecule has 2 heterocycles. The van der Waals surface area contributed by atoms with Crippen LogP contribution in [0.1, 0.15) is 29.4 Å². The van der Waals surface area contributed by atoms with Crippen molar-refractivity contribution in [1.82, 2.24) is 9.88 Å². The third-order valence-corrected chi connectivity index (χ3v) is 4.56. The van der Waals surface area contributed by atoms with Crippen molar-refractivity contribution < 1.29 is 5.11 Å². The van der Waals surface area contributed by atoms with E-state index in [1.165, 1.54) is 9.88 Å². The fourth-order valence-corrected chi connectivity index (χ4v) is 2.98. The lowest BCUT2D eigenvalue weighted by Crippen LogP contribution is -2.63. The van der Waals surface area contributed by atoms with Crippen molar-refractivity contribution in [2.45, 2.75) is 39.8 Å². The highest BCUT2D eigenvalue weighted by Crippen LogP contribution is 2.30. The molecule has 90 valence electrons. The van der Waals surface area contributed by atoms with E-state index in [9.17, 15) is 5.11 Å². The zero-order valence-electron chi connectivity index (χ0n) is 10.4. The summed E-state index contributed by atoms with van der Waals surface area (Å²) in [7, 11) is 0. The minimum absolute atomic E-state index is 0.337. The molecule has 0 saturated carbocycles. The molecule has 0 amide bonds. The molecule has 0 unspecified atom stereocenters. The first-order valence-electron chi connectivity index (χ1n) is 5.78. The average molecular weight is 240 g/mol. The van der Waals surface area contributed by atoms with Gasteiger partial charge in [0.2, 0.25) is 0 Å². The Labute approximate surface area is 101 Å². The van der Waals surface area contributed by atoms with E-state index in [0.717, 1.165) is 25.3 Å². The molecule has 0 aliphatic carbocycles. The second-order valence-electron chi connectivity index (χ2n) is 5.15. The normalized spacial score (nSPS) is 20.1. The Bertz CT molecular complexity index is 361. The van der Waals surface area contributed by atoms with Gasteiger partial charge in [0.05, 0.1) is 17.8 Å². The molecule has 1 N–H and O–H groups in total. The van der Waals surface area contributed by atoms with Crippen LogP contribution < -0.4 is 0 Å². The first-order valence-corrected chi connectivity index (χ1v) is 6.60. The highest BCUT2D eigenvalue weighted by molar-refractivity contribution is 7.11. The van der Waals surface area contributed by atoms with Crippen molar-refractivity contribution >= 4 is 11.3 Å². The van der Waals surface area contributed by atoms with Crippen LogP contribution in [-0.2, 0) is 6.54 Å². The lowest BCUT2D eigenvalue weighted by Gasteiger charge is -2.48. The zero-order valence-corrected chi connectivity index (χ0v) is 11.3. The van der Waals surface area contributed by atoms with Gasteiger partial charge in [-0.25, -0.2) is 4.98 Å². The Morgan fingerprint density at radius 2 is 2.06 bits per heavy atom. The molecule has 0 aromatic carbocycles. The highest BCUT2D eigenvalue weighted by atomic mass is 32.1. The summed E-state index contributed by atoms with van der Waals surface area (Å²) < 4.78 is 0. The molecule has 0 spiro atoms. The number of aryl methyl sites for hydroxylation is 2. The topological polar surface area (TPSA) is 36.4 Å². The maximum absolute atomic E-state index is 10.1. The SMILES string of the molecule is Cc1nc(CN2CC(O)(C(C)C)C2)sc1C. The van der Waals surface area contributed by atoms with Gasteiger partial charge in [0.1, 0.15) is 5.01 Å². The van der Waals surface area contributed by atoms with Crippen LogP contribution in [0.4, 0.5) is 0 Å². The number of nitrogens with zero attached hydrogens (tertiary/aromatic N) is 2. The van der Waals surface area contributed by atoms with Crippen LogP contribution in [0.3, 0.4) is 0 Å². The number of aromatic nitrogens is 1. The number of hydrogen-bond acceptors (Lipinski definition) is 4. The molecule has 1 aromatic rings. The minimum atomic E-state index is -0.471. The average Bonchev–Trinajstić information content (AvgIpc) is 2.43. The van der Waals surface area contributed by atoms with Gasteiger partial charge in [-0.15, -0.1) is 11.3 Å². The molecule has 0 bridgehead atoms. The van der Waals surface area contributed by atoms with E-state index in [1.54, 1.807) is 11.3 Å². The minimum Gasteiger partial charge on any atom is -0.387 e. The first kappa shape index (κ1) is 12.0. The number of thiazole rings is 1. The first-order chi connectivity index (χ1) is 7.40. The summed E-state index contributed by atoms with van der Waals surface area (Å²) in [6.07, 6.45) is 0. The highest BCUT2D eigenvalue weighted by Gasteiger charge is 2.43. The Balaban J connectivity index is 1.90. The van der Waals surface area contributed by atoms with Gasteiger partial charge in [-0.2, -0.15) is 0 Å². The monoisotopic (exact) mass is 240 g/mol. The molecule has 0 radical (unpaired) electrons. The molecule has 1 aliphatic rings. The van der Waals surface area contributed by atoms with E-state index in [1.807, 2.05) is 0 Å².